The van der Waals surface area contributed by atoms with Gasteiger partial charge in [0.25, 0.3) is 0 Å². The first-order valence-electron chi connectivity index (χ1n) is 5.99. The second-order valence-corrected chi connectivity index (χ2v) is 5.96. The predicted octanol–water partition coefficient (Wildman–Crippen LogP) is 4.04. The van der Waals surface area contributed by atoms with E-state index in [9.17, 15) is 4.79 Å². The lowest BCUT2D eigenvalue weighted by molar-refractivity contribution is 0.103. The fourth-order valence-corrected chi connectivity index (χ4v) is 2.94. The molecule has 0 atom stereocenters. The van der Waals surface area contributed by atoms with Crippen LogP contribution in [0.25, 0.3) is 0 Å². The van der Waals surface area contributed by atoms with Gasteiger partial charge in [-0.3, -0.25) is 4.79 Å². The molecule has 0 unspecified atom stereocenters. The minimum absolute atomic E-state index is 0.194. The molecule has 6 heteroatoms. The van der Waals surface area contributed by atoms with Crippen LogP contribution in [-0.2, 0) is 0 Å². The maximum atomic E-state index is 12.8. The molecule has 21 heavy (non-hydrogen) atoms. The molecule has 110 valence electrons. The number of ketones is 1. The van der Waals surface area contributed by atoms with Crippen molar-refractivity contribution in [3.8, 4) is 11.5 Å². The number of methoxy groups -OCH3 is 2. The van der Waals surface area contributed by atoms with Gasteiger partial charge in [0.05, 0.1) is 19.8 Å². The first kappa shape index (κ1) is 15.9. The molecule has 2 rings (SSSR count). The summed E-state index contributed by atoms with van der Waals surface area (Å²) in [5, 5.41) is 0. The molecule has 0 aromatic heterocycles. The van der Waals surface area contributed by atoms with Crippen LogP contribution in [0.4, 0.5) is 5.69 Å². The summed E-state index contributed by atoms with van der Waals surface area (Å²) >= 11 is 6.76. The van der Waals surface area contributed by atoms with Gasteiger partial charge in [0, 0.05) is 26.3 Å². The van der Waals surface area contributed by atoms with Crippen LogP contribution in [0.2, 0.25) is 0 Å². The molecule has 0 aliphatic heterocycles. The van der Waals surface area contributed by atoms with Crippen molar-refractivity contribution in [1.29, 1.82) is 0 Å². The summed E-state index contributed by atoms with van der Waals surface area (Å²) in [4.78, 5) is 12.8. The third kappa shape index (κ3) is 3.22. The summed E-state index contributed by atoms with van der Waals surface area (Å²) in [6, 6.07) is 8.48. The molecule has 0 amide bonds. The highest BCUT2D eigenvalue weighted by Crippen LogP contribution is 2.35. The lowest BCUT2D eigenvalue weighted by atomic mass is 10.0. The second-order valence-electron chi connectivity index (χ2n) is 4.25. The molecular formula is C15H13Br2NO3. The normalized spacial score (nSPS) is 10.3. The monoisotopic (exact) mass is 413 g/mol. The van der Waals surface area contributed by atoms with Gasteiger partial charge in [0.15, 0.2) is 5.78 Å². The van der Waals surface area contributed by atoms with Crippen molar-refractivity contribution in [2.45, 2.75) is 0 Å². The maximum Gasteiger partial charge on any atom is 0.199 e. The number of rotatable bonds is 4. The molecule has 2 N–H and O–H groups in total. The number of nitrogens with two attached hydrogens (primary N) is 1. The van der Waals surface area contributed by atoms with Gasteiger partial charge in [-0.25, -0.2) is 0 Å². The highest BCUT2D eigenvalue weighted by Gasteiger charge is 2.21. The zero-order valence-corrected chi connectivity index (χ0v) is 14.6. The van der Waals surface area contributed by atoms with Gasteiger partial charge in [0.2, 0.25) is 0 Å². The van der Waals surface area contributed by atoms with Gasteiger partial charge in [0.1, 0.15) is 11.5 Å². The number of nitrogen functional groups attached to an aromatic ring is 1. The highest BCUT2D eigenvalue weighted by molar-refractivity contribution is 9.11. The molecule has 0 aliphatic carbocycles. The molecule has 0 saturated heterocycles. The average Bonchev–Trinajstić information content (AvgIpc) is 2.48. The van der Waals surface area contributed by atoms with Gasteiger partial charge in [-0.2, -0.15) is 0 Å². The van der Waals surface area contributed by atoms with Gasteiger partial charge in [-0.05, 0) is 40.2 Å². The van der Waals surface area contributed by atoms with Gasteiger partial charge >= 0.3 is 0 Å². The Bertz CT molecular complexity index is 702. The number of ether oxygens (including phenoxy) is 2. The van der Waals surface area contributed by atoms with Gasteiger partial charge in [-0.1, -0.05) is 15.9 Å². The van der Waals surface area contributed by atoms with E-state index in [0.29, 0.717) is 37.3 Å². The Kier molecular flexibility index (Phi) is 4.90. The van der Waals surface area contributed by atoms with Crippen molar-refractivity contribution in [3.63, 3.8) is 0 Å². The number of benzene rings is 2. The topological polar surface area (TPSA) is 61.5 Å². The van der Waals surface area contributed by atoms with Crippen LogP contribution in [-0.4, -0.2) is 20.0 Å². The Balaban J connectivity index is 2.60. The van der Waals surface area contributed by atoms with E-state index in [4.69, 9.17) is 15.2 Å². The van der Waals surface area contributed by atoms with E-state index in [2.05, 4.69) is 31.9 Å². The van der Waals surface area contributed by atoms with Crippen molar-refractivity contribution >= 4 is 43.3 Å². The summed E-state index contributed by atoms with van der Waals surface area (Å²) in [6.45, 7) is 0. The van der Waals surface area contributed by atoms with Gasteiger partial charge in [-0.15, -0.1) is 0 Å². The summed E-state index contributed by atoms with van der Waals surface area (Å²) < 4.78 is 11.7. The number of halogens is 2. The van der Waals surface area contributed by atoms with Crippen molar-refractivity contribution < 1.29 is 14.3 Å². The van der Waals surface area contributed by atoms with E-state index in [1.54, 1.807) is 37.4 Å². The Hall–Kier alpha value is -1.53. The summed E-state index contributed by atoms with van der Waals surface area (Å²) in [5.74, 6) is 0.836. The Labute approximate surface area is 139 Å². The number of hydrogen-bond acceptors (Lipinski definition) is 4. The van der Waals surface area contributed by atoms with Crippen LogP contribution in [0.15, 0.2) is 39.3 Å². The highest BCUT2D eigenvalue weighted by atomic mass is 79.9. The van der Waals surface area contributed by atoms with E-state index in [1.807, 2.05) is 0 Å². The summed E-state index contributed by atoms with van der Waals surface area (Å²) in [5.41, 5.74) is 7.17. The quantitative estimate of drug-likeness (QED) is 0.605. The van der Waals surface area contributed by atoms with Crippen LogP contribution in [0.1, 0.15) is 15.9 Å². The van der Waals surface area contributed by atoms with E-state index < -0.39 is 0 Å². The van der Waals surface area contributed by atoms with Crippen LogP contribution in [0.5, 0.6) is 11.5 Å². The maximum absolute atomic E-state index is 12.8. The molecule has 0 aliphatic rings. The standard InChI is InChI=1S/C15H13Br2NO3/c1-20-9-6-12(17)14(13(7-9)21-2)15(19)10-5-8(18)3-4-11(10)16/h3-7H,18H2,1-2H3. The molecule has 0 heterocycles. The van der Waals surface area contributed by atoms with E-state index in [1.165, 1.54) is 7.11 Å². The summed E-state index contributed by atoms with van der Waals surface area (Å²) in [6.07, 6.45) is 0. The number of carbonyl (C=O) groups excluding carboxylic acids is 1. The van der Waals surface area contributed by atoms with Crippen LogP contribution < -0.4 is 15.2 Å². The molecule has 4 nitrogen and oxygen atoms in total. The minimum atomic E-state index is -0.194. The van der Waals surface area contributed by atoms with E-state index in [0.717, 1.165) is 0 Å². The Morgan fingerprint density at radius 1 is 1.05 bits per heavy atom. The first-order chi connectivity index (χ1) is 9.97. The Morgan fingerprint density at radius 3 is 2.38 bits per heavy atom. The van der Waals surface area contributed by atoms with Crippen LogP contribution in [0, 0.1) is 0 Å². The van der Waals surface area contributed by atoms with Crippen molar-refractivity contribution in [1.82, 2.24) is 0 Å². The first-order valence-corrected chi connectivity index (χ1v) is 7.57. The fraction of sp³-hybridized carbons (Fsp3) is 0.133. The third-order valence-corrected chi connectivity index (χ3v) is 4.26. The second kappa shape index (κ2) is 6.49. The zero-order valence-electron chi connectivity index (χ0n) is 11.4. The molecule has 0 spiro atoms. The van der Waals surface area contributed by atoms with Crippen LogP contribution >= 0.6 is 31.9 Å². The van der Waals surface area contributed by atoms with Crippen molar-refractivity contribution in [2.75, 3.05) is 20.0 Å². The molecule has 0 bridgehead atoms. The van der Waals surface area contributed by atoms with Gasteiger partial charge < -0.3 is 15.2 Å². The number of carbonyl (C=O) groups is 1. The minimum Gasteiger partial charge on any atom is -0.497 e. The lowest BCUT2D eigenvalue weighted by Crippen LogP contribution is -2.07. The van der Waals surface area contributed by atoms with Crippen molar-refractivity contribution in [3.05, 3.63) is 50.4 Å². The fourth-order valence-electron chi connectivity index (χ4n) is 1.91. The van der Waals surface area contributed by atoms with E-state index >= 15 is 0 Å². The molecule has 0 saturated carbocycles. The molecule has 0 fully saturated rings. The third-order valence-electron chi connectivity index (χ3n) is 2.95. The predicted molar refractivity (Wildman–Crippen MR) is 89.2 cm³/mol. The largest absolute Gasteiger partial charge is 0.497 e. The lowest BCUT2D eigenvalue weighted by Gasteiger charge is -2.13. The molecular weight excluding hydrogens is 402 g/mol. The Morgan fingerprint density at radius 2 is 1.76 bits per heavy atom. The van der Waals surface area contributed by atoms with Crippen molar-refractivity contribution in [2.24, 2.45) is 0 Å². The van der Waals surface area contributed by atoms with Crippen LogP contribution in [0.3, 0.4) is 0 Å². The molecule has 2 aromatic carbocycles. The average molecular weight is 415 g/mol. The molecule has 0 radical (unpaired) electrons. The SMILES string of the molecule is COc1cc(Br)c(C(=O)c2cc(N)ccc2Br)c(OC)c1. The zero-order chi connectivity index (χ0) is 15.6. The summed E-state index contributed by atoms with van der Waals surface area (Å²) in [7, 11) is 3.06. The number of hydrogen-bond donors (Lipinski definition) is 1. The number of anilines is 1. The molecule has 2 aromatic rings. The smallest absolute Gasteiger partial charge is 0.199 e. The van der Waals surface area contributed by atoms with E-state index in [-0.39, 0.29) is 5.78 Å².